The normalized spacial score (nSPS) is 11.1. The second kappa shape index (κ2) is 7.13. The first-order valence-corrected chi connectivity index (χ1v) is 6.10. The summed E-state index contributed by atoms with van der Waals surface area (Å²) in [6.07, 6.45) is 0.354. The highest BCUT2D eigenvalue weighted by Crippen LogP contribution is 2.22. The van der Waals surface area contributed by atoms with Gasteiger partial charge in [0, 0.05) is 29.7 Å². The van der Waals surface area contributed by atoms with Crippen LogP contribution < -0.4 is 0 Å². The first-order valence-electron chi connectivity index (χ1n) is 5.34. The molecule has 1 aromatic rings. The zero-order chi connectivity index (χ0) is 12.0. The summed E-state index contributed by atoms with van der Waals surface area (Å²) in [7, 11) is 0. The highest BCUT2D eigenvalue weighted by atomic mass is 35.5. The predicted octanol–water partition coefficient (Wildman–Crippen LogP) is 3.94. The molecule has 1 aromatic carbocycles. The van der Waals surface area contributed by atoms with Crippen molar-refractivity contribution in [2.75, 3.05) is 13.2 Å². The Balaban J connectivity index is 2.71. The van der Waals surface area contributed by atoms with E-state index in [9.17, 15) is 0 Å². The molecule has 0 aliphatic rings. The van der Waals surface area contributed by atoms with Crippen molar-refractivity contribution in [2.45, 2.75) is 26.6 Å². The van der Waals surface area contributed by atoms with E-state index >= 15 is 0 Å². The fourth-order valence-electron chi connectivity index (χ4n) is 1.42. The maximum atomic E-state index is 6.07. The second-order valence-corrected chi connectivity index (χ2v) is 4.12. The summed E-state index contributed by atoms with van der Waals surface area (Å²) in [5, 5.41) is 1.36. The fraction of sp³-hybridized carbons (Fsp3) is 0.500. The van der Waals surface area contributed by atoms with E-state index in [4.69, 9.17) is 32.7 Å². The number of hydrogen-bond donors (Lipinski definition) is 0. The van der Waals surface area contributed by atoms with Crippen molar-refractivity contribution in [2.24, 2.45) is 0 Å². The molecule has 0 aromatic heterocycles. The molecular weight excluding hydrogens is 247 g/mol. The van der Waals surface area contributed by atoms with Crippen LogP contribution in [0.4, 0.5) is 0 Å². The van der Waals surface area contributed by atoms with Crippen LogP contribution in [0, 0.1) is 0 Å². The van der Waals surface area contributed by atoms with Gasteiger partial charge in [0.1, 0.15) is 0 Å². The Bertz CT molecular complexity index is 323. The van der Waals surface area contributed by atoms with Crippen molar-refractivity contribution in [1.82, 2.24) is 0 Å². The van der Waals surface area contributed by atoms with Crippen molar-refractivity contribution < 1.29 is 9.47 Å². The van der Waals surface area contributed by atoms with Crippen molar-refractivity contribution in [1.29, 1.82) is 0 Å². The van der Waals surface area contributed by atoms with Crippen LogP contribution in [-0.2, 0) is 15.9 Å². The summed E-state index contributed by atoms with van der Waals surface area (Å²) >= 11 is 12.0. The van der Waals surface area contributed by atoms with Gasteiger partial charge < -0.3 is 9.47 Å². The lowest BCUT2D eigenvalue weighted by Crippen LogP contribution is -2.20. The van der Waals surface area contributed by atoms with Gasteiger partial charge in [-0.3, -0.25) is 0 Å². The van der Waals surface area contributed by atoms with Gasteiger partial charge in [-0.2, -0.15) is 0 Å². The van der Waals surface area contributed by atoms with E-state index in [1.807, 2.05) is 19.9 Å². The number of benzene rings is 1. The van der Waals surface area contributed by atoms with Crippen molar-refractivity contribution >= 4 is 23.2 Å². The van der Waals surface area contributed by atoms with Gasteiger partial charge in [0.05, 0.1) is 0 Å². The van der Waals surface area contributed by atoms with Gasteiger partial charge in [0.2, 0.25) is 0 Å². The van der Waals surface area contributed by atoms with Crippen LogP contribution in [0.1, 0.15) is 19.4 Å². The Kier molecular flexibility index (Phi) is 6.14. The molecule has 1 rings (SSSR count). The Morgan fingerprint density at radius 1 is 1.12 bits per heavy atom. The summed E-state index contributed by atoms with van der Waals surface area (Å²) in [6, 6.07) is 5.40. The molecule has 4 heteroatoms. The first-order chi connectivity index (χ1) is 7.67. The van der Waals surface area contributed by atoms with Crippen molar-refractivity contribution in [3.8, 4) is 0 Å². The van der Waals surface area contributed by atoms with Crippen LogP contribution in [0.5, 0.6) is 0 Å². The van der Waals surface area contributed by atoms with Gasteiger partial charge in [0.25, 0.3) is 0 Å². The molecule has 16 heavy (non-hydrogen) atoms. The molecule has 0 aliphatic carbocycles. The average Bonchev–Trinajstić information content (AvgIpc) is 2.24. The van der Waals surface area contributed by atoms with Crippen LogP contribution in [0.25, 0.3) is 0 Å². The third-order valence-corrected chi connectivity index (χ3v) is 2.70. The molecule has 0 N–H and O–H groups in total. The van der Waals surface area contributed by atoms with Gasteiger partial charge in [-0.25, -0.2) is 0 Å². The number of hydrogen-bond acceptors (Lipinski definition) is 2. The summed E-state index contributed by atoms with van der Waals surface area (Å²) in [5.41, 5.74) is 0.945. The minimum atomic E-state index is -0.258. The smallest absolute Gasteiger partial charge is 0.161 e. The molecular formula is C12H16Cl2O2. The molecule has 90 valence electrons. The van der Waals surface area contributed by atoms with Gasteiger partial charge in [-0.05, 0) is 37.6 Å². The summed E-state index contributed by atoms with van der Waals surface area (Å²) < 4.78 is 10.9. The largest absolute Gasteiger partial charge is 0.353 e. The quantitative estimate of drug-likeness (QED) is 0.724. The highest BCUT2D eigenvalue weighted by molar-refractivity contribution is 6.33. The number of halogens is 2. The Morgan fingerprint density at radius 2 is 1.75 bits per heavy atom. The standard InChI is InChI=1S/C12H16Cl2O2/c1-3-15-12(16-4-2)8-9-7-10(13)5-6-11(9)14/h5-7,12H,3-4,8H2,1-2H3. The van der Waals surface area contributed by atoms with Gasteiger partial charge >= 0.3 is 0 Å². The Morgan fingerprint density at radius 3 is 2.31 bits per heavy atom. The molecule has 0 atom stereocenters. The SMILES string of the molecule is CCOC(Cc1cc(Cl)ccc1Cl)OCC. The van der Waals surface area contributed by atoms with E-state index in [1.165, 1.54) is 0 Å². The molecule has 0 heterocycles. The van der Waals surface area contributed by atoms with Crippen LogP contribution in [0.3, 0.4) is 0 Å². The monoisotopic (exact) mass is 262 g/mol. The van der Waals surface area contributed by atoms with E-state index in [2.05, 4.69) is 0 Å². The lowest BCUT2D eigenvalue weighted by atomic mass is 10.1. The van der Waals surface area contributed by atoms with E-state index in [0.29, 0.717) is 29.7 Å². The minimum Gasteiger partial charge on any atom is -0.353 e. The topological polar surface area (TPSA) is 18.5 Å². The van der Waals surface area contributed by atoms with E-state index in [0.717, 1.165) is 5.56 Å². The predicted molar refractivity (Wildman–Crippen MR) is 67.2 cm³/mol. The highest BCUT2D eigenvalue weighted by Gasteiger charge is 2.11. The summed E-state index contributed by atoms with van der Waals surface area (Å²) in [5.74, 6) is 0. The third kappa shape index (κ3) is 4.30. The van der Waals surface area contributed by atoms with E-state index in [1.54, 1.807) is 12.1 Å². The van der Waals surface area contributed by atoms with Crippen molar-refractivity contribution in [3.63, 3.8) is 0 Å². The Labute approximate surface area is 106 Å². The summed E-state index contributed by atoms with van der Waals surface area (Å²) in [4.78, 5) is 0. The maximum absolute atomic E-state index is 6.07. The lowest BCUT2D eigenvalue weighted by molar-refractivity contribution is -0.134. The van der Waals surface area contributed by atoms with E-state index < -0.39 is 0 Å². The third-order valence-electron chi connectivity index (χ3n) is 2.10. The first kappa shape index (κ1) is 13.8. The second-order valence-electron chi connectivity index (χ2n) is 3.28. The van der Waals surface area contributed by atoms with Crippen molar-refractivity contribution in [3.05, 3.63) is 33.8 Å². The molecule has 0 unspecified atom stereocenters. The molecule has 0 aliphatic heterocycles. The number of rotatable bonds is 6. The van der Waals surface area contributed by atoms with Crippen LogP contribution >= 0.6 is 23.2 Å². The van der Waals surface area contributed by atoms with Crippen LogP contribution in [0.2, 0.25) is 10.0 Å². The average molecular weight is 263 g/mol. The molecule has 0 saturated heterocycles. The molecule has 0 spiro atoms. The van der Waals surface area contributed by atoms with Gasteiger partial charge in [-0.1, -0.05) is 23.2 Å². The lowest BCUT2D eigenvalue weighted by Gasteiger charge is -2.17. The molecule has 2 nitrogen and oxygen atoms in total. The summed E-state index contributed by atoms with van der Waals surface area (Å²) in [6.45, 7) is 5.10. The molecule has 0 amide bonds. The van der Waals surface area contributed by atoms with Crippen LogP contribution in [0.15, 0.2) is 18.2 Å². The maximum Gasteiger partial charge on any atom is 0.161 e. The molecule has 0 radical (unpaired) electrons. The number of ether oxygens (including phenoxy) is 2. The molecule has 0 bridgehead atoms. The van der Waals surface area contributed by atoms with E-state index in [-0.39, 0.29) is 6.29 Å². The Hall–Kier alpha value is -0.280. The zero-order valence-electron chi connectivity index (χ0n) is 9.50. The van der Waals surface area contributed by atoms with Gasteiger partial charge in [-0.15, -0.1) is 0 Å². The molecule has 0 saturated carbocycles. The minimum absolute atomic E-state index is 0.258. The fourth-order valence-corrected chi connectivity index (χ4v) is 1.81. The zero-order valence-corrected chi connectivity index (χ0v) is 11.0. The van der Waals surface area contributed by atoms with Gasteiger partial charge in [0.15, 0.2) is 6.29 Å². The van der Waals surface area contributed by atoms with Crippen LogP contribution in [-0.4, -0.2) is 19.5 Å². The molecule has 0 fully saturated rings.